The summed E-state index contributed by atoms with van der Waals surface area (Å²) in [5, 5.41) is 8.75. The van der Waals surface area contributed by atoms with Crippen LogP contribution in [0, 0.1) is 5.92 Å². The molecule has 0 aliphatic carbocycles. The second kappa shape index (κ2) is 13.2. The molecule has 0 unspecified atom stereocenters. The summed E-state index contributed by atoms with van der Waals surface area (Å²) in [5.41, 5.74) is 2.83. The van der Waals surface area contributed by atoms with Crippen LogP contribution in [0.2, 0.25) is 0 Å². The summed E-state index contributed by atoms with van der Waals surface area (Å²) in [7, 11) is 0. The van der Waals surface area contributed by atoms with Crippen LogP contribution in [-0.2, 0) is 11.2 Å². The van der Waals surface area contributed by atoms with Crippen LogP contribution in [-0.4, -0.2) is 23.5 Å². The molecule has 2 amide bonds. The second-order valence-electron chi connectivity index (χ2n) is 8.55. The summed E-state index contributed by atoms with van der Waals surface area (Å²) in [4.78, 5) is 25.1. The number of para-hydroxylation sites is 1. The lowest BCUT2D eigenvalue weighted by atomic mass is 10.1. The largest absolute Gasteiger partial charge is 0.493 e. The molecule has 0 heterocycles. The summed E-state index contributed by atoms with van der Waals surface area (Å²) >= 11 is 5.33. The van der Waals surface area contributed by atoms with Crippen molar-refractivity contribution in [2.45, 2.75) is 33.1 Å². The van der Waals surface area contributed by atoms with Gasteiger partial charge in [0.1, 0.15) is 5.75 Å². The van der Waals surface area contributed by atoms with Gasteiger partial charge in [-0.25, -0.2) is 0 Å². The van der Waals surface area contributed by atoms with Gasteiger partial charge in [0.25, 0.3) is 5.91 Å². The summed E-state index contributed by atoms with van der Waals surface area (Å²) in [6.45, 7) is 4.78. The molecule has 0 bridgehead atoms. The molecule has 0 aliphatic rings. The van der Waals surface area contributed by atoms with E-state index < -0.39 is 0 Å². The van der Waals surface area contributed by atoms with Gasteiger partial charge in [-0.1, -0.05) is 62.4 Å². The van der Waals surface area contributed by atoms with Crippen molar-refractivity contribution >= 4 is 40.5 Å². The molecular weight excluding hydrogens is 458 g/mol. The smallest absolute Gasteiger partial charge is 0.261 e. The zero-order valence-electron chi connectivity index (χ0n) is 20.0. The number of thiocarbonyl (C=S) groups is 1. The molecule has 7 heteroatoms. The SMILES string of the molecule is CC(C)CCOc1ccccc1C(=O)NC(=S)Nc1cccc(NC(=O)CCc2ccccc2)c1. The maximum atomic E-state index is 12.8. The zero-order chi connectivity index (χ0) is 25.0. The molecule has 6 nitrogen and oxygen atoms in total. The van der Waals surface area contributed by atoms with Crippen molar-refractivity contribution in [3.05, 3.63) is 90.0 Å². The fourth-order valence-corrected chi connectivity index (χ4v) is 3.53. The van der Waals surface area contributed by atoms with Crippen molar-refractivity contribution in [3.63, 3.8) is 0 Å². The molecule has 3 aromatic rings. The summed E-state index contributed by atoms with van der Waals surface area (Å²) in [6, 6.07) is 24.2. The van der Waals surface area contributed by atoms with Gasteiger partial charge in [0.15, 0.2) is 5.11 Å². The minimum Gasteiger partial charge on any atom is -0.493 e. The third kappa shape index (κ3) is 8.87. The van der Waals surface area contributed by atoms with E-state index in [1.54, 1.807) is 42.5 Å². The van der Waals surface area contributed by atoms with E-state index in [0.717, 1.165) is 12.0 Å². The fraction of sp³-hybridized carbons (Fsp3) is 0.250. The average molecular weight is 490 g/mol. The Morgan fingerprint density at radius 1 is 0.886 bits per heavy atom. The molecule has 0 atom stereocenters. The van der Waals surface area contributed by atoms with Crippen LogP contribution >= 0.6 is 12.2 Å². The Hall–Kier alpha value is -3.71. The number of hydrogen-bond acceptors (Lipinski definition) is 4. The Kier molecular flexibility index (Phi) is 9.80. The van der Waals surface area contributed by atoms with E-state index >= 15 is 0 Å². The van der Waals surface area contributed by atoms with Gasteiger partial charge in [-0.15, -0.1) is 0 Å². The molecule has 0 saturated carbocycles. The van der Waals surface area contributed by atoms with Gasteiger partial charge < -0.3 is 15.4 Å². The number of anilines is 2. The Bertz CT molecular complexity index is 1150. The number of rotatable bonds is 10. The van der Waals surface area contributed by atoms with E-state index in [4.69, 9.17) is 17.0 Å². The summed E-state index contributed by atoms with van der Waals surface area (Å²) < 4.78 is 5.80. The minimum absolute atomic E-state index is 0.0732. The van der Waals surface area contributed by atoms with Crippen LogP contribution in [0.4, 0.5) is 11.4 Å². The number of amides is 2. The van der Waals surface area contributed by atoms with E-state index in [1.165, 1.54) is 0 Å². The lowest BCUT2D eigenvalue weighted by molar-refractivity contribution is -0.116. The predicted molar refractivity (Wildman–Crippen MR) is 145 cm³/mol. The van der Waals surface area contributed by atoms with Gasteiger partial charge in [-0.3, -0.25) is 14.9 Å². The quantitative estimate of drug-likeness (QED) is 0.313. The molecule has 35 heavy (non-hydrogen) atoms. The van der Waals surface area contributed by atoms with E-state index in [1.807, 2.05) is 36.4 Å². The fourth-order valence-electron chi connectivity index (χ4n) is 3.32. The number of aryl methyl sites for hydroxylation is 1. The second-order valence-corrected chi connectivity index (χ2v) is 8.96. The highest BCUT2D eigenvalue weighted by Gasteiger charge is 2.14. The number of ether oxygens (including phenoxy) is 1. The van der Waals surface area contributed by atoms with Crippen LogP contribution < -0.4 is 20.7 Å². The monoisotopic (exact) mass is 489 g/mol. The standard InChI is InChI=1S/C28H31N3O3S/c1-20(2)17-18-34-25-14-7-6-13-24(25)27(33)31-28(35)30-23-12-8-11-22(19-23)29-26(32)16-15-21-9-4-3-5-10-21/h3-14,19-20H,15-18H2,1-2H3,(H,29,32)(H2,30,31,33,35). The number of nitrogens with one attached hydrogen (secondary N) is 3. The third-order valence-electron chi connectivity index (χ3n) is 5.20. The highest BCUT2D eigenvalue weighted by Crippen LogP contribution is 2.19. The maximum Gasteiger partial charge on any atom is 0.261 e. The molecule has 0 saturated heterocycles. The number of carbonyl (C=O) groups is 2. The van der Waals surface area contributed by atoms with Crippen molar-refractivity contribution in [1.29, 1.82) is 0 Å². The summed E-state index contributed by atoms with van der Waals surface area (Å²) in [6.07, 6.45) is 1.95. The predicted octanol–water partition coefficient (Wildman–Crippen LogP) is 5.81. The molecule has 3 aromatic carbocycles. The number of hydrogen-bond donors (Lipinski definition) is 3. The first-order valence-corrected chi connectivity index (χ1v) is 12.1. The molecular formula is C28H31N3O3S. The van der Waals surface area contributed by atoms with E-state index in [9.17, 15) is 9.59 Å². The lowest BCUT2D eigenvalue weighted by Gasteiger charge is -2.14. The van der Waals surface area contributed by atoms with E-state index in [0.29, 0.717) is 48.1 Å². The van der Waals surface area contributed by atoms with Crippen molar-refractivity contribution in [2.75, 3.05) is 17.2 Å². The Labute approximate surface area is 212 Å². The molecule has 3 rings (SSSR count). The number of benzene rings is 3. The third-order valence-corrected chi connectivity index (χ3v) is 5.40. The van der Waals surface area contributed by atoms with Crippen LogP contribution in [0.3, 0.4) is 0 Å². The highest BCUT2D eigenvalue weighted by atomic mass is 32.1. The van der Waals surface area contributed by atoms with Crippen molar-refractivity contribution in [2.24, 2.45) is 5.92 Å². The highest BCUT2D eigenvalue weighted by molar-refractivity contribution is 7.80. The van der Waals surface area contributed by atoms with Crippen LogP contribution in [0.25, 0.3) is 0 Å². The summed E-state index contributed by atoms with van der Waals surface area (Å²) in [5.74, 6) is 0.606. The first-order valence-electron chi connectivity index (χ1n) is 11.7. The molecule has 0 aromatic heterocycles. The molecule has 182 valence electrons. The minimum atomic E-state index is -0.354. The van der Waals surface area contributed by atoms with Crippen molar-refractivity contribution in [3.8, 4) is 5.75 Å². The zero-order valence-corrected chi connectivity index (χ0v) is 20.9. The first-order chi connectivity index (χ1) is 16.9. The van der Waals surface area contributed by atoms with Crippen LogP contribution in [0.1, 0.15) is 42.6 Å². The van der Waals surface area contributed by atoms with Gasteiger partial charge >= 0.3 is 0 Å². The molecule has 0 fully saturated rings. The first kappa shape index (κ1) is 25.9. The number of carbonyl (C=O) groups excluding carboxylic acids is 2. The topological polar surface area (TPSA) is 79.5 Å². The molecule has 0 aliphatic heterocycles. The Morgan fingerprint density at radius 2 is 1.57 bits per heavy atom. The van der Waals surface area contributed by atoms with Gasteiger partial charge in [0.05, 0.1) is 12.2 Å². The van der Waals surface area contributed by atoms with Gasteiger partial charge in [0, 0.05) is 17.8 Å². The van der Waals surface area contributed by atoms with Crippen molar-refractivity contribution < 1.29 is 14.3 Å². The van der Waals surface area contributed by atoms with Crippen molar-refractivity contribution in [1.82, 2.24) is 5.32 Å². The molecule has 0 radical (unpaired) electrons. The lowest BCUT2D eigenvalue weighted by Crippen LogP contribution is -2.34. The maximum absolute atomic E-state index is 12.8. The Morgan fingerprint density at radius 3 is 2.31 bits per heavy atom. The van der Waals surface area contributed by atoms with Gasteiger partial charge in [-0.2, -0.15) is 0 Å². The van der Waals surface area contributed by atoms with Crippen LogP contribution in [0.15, 0.2) is 78.9 Å². The van der Waals surface area contributed by atoms with Gasteiger partial charge in [0.2, 0.25) is 5.91 Å². The molecule has 3 N–H and O–H groups in total. The molecule has 0 spiro atoms. The van der Waals surface area contributed by atoms with E-state index in [-0.39, 0.29) is 16.9 Å². The van der Waals surface area contributed by atoms with Gasteiger partial charge in [-0.05, 0) is 66.9 Å². The average Bonchev–Trinajstić information content (AvgIpc) is 2.83. The van der Waals surface area contributed by atoms with Crippen LogP contribution in [0.5, 0.6) is 5.75 Å². The normalized spacial score (nSPS) is 10.5. The van der Waals surface area contributed by atoms with E-state index in [2.05, 4.69) is 29.8 Å². The Balaban J connectivity index is 1.53.